The molecule has 0 aromatic heterocycles. The molecule has 0 radical (unpaired) electrons. The number of nitrogens with zero attached hydrogens (tertiary/aromatic N) is 2. The van der Waals surface area contributed by atoms with Crippen LogP contribution in [0, 0.1) is 11.3 Å². The molecule has 0 aliphatic carbocycles. The van der Waals surface area contributed by atoms with E-state index in [1.165, 1.54) is 5.56 Å². The summed E-state index contributed by atoms with van der Waals surface area (Å²) in [5.74, 6) is 0. The van der Waals surface area contributed by atoms with Gasteiger partial charge in [0.25, 0.3) is 0 Å². The second-order valence-electron chi connectivity index (χ2n) is 4.94. The molecule has 0 spiro atoms. The van der Waals surface area contributed by atoms with Crippen LogP contribution in [0.1, 0.15) is 24.1 Å². The summed E-state index contributed by atoms with van der Waals surface area (Å²) in [6, 6.07) is 16.4. The lowest BCUT2D eigenvalue weighted by Gasteiger charge is -2.22. The van der Waals surface area contributed by atoms with Crippen molar-refractivity contribution in [2.45, 2.75) is 13.0 Å². The zero-order chi connectivity index (χ0) is 15.4. The van der Waals surface area contributed by atoms with Gasteiger partial charge in [-0.15, -0.1) is 0 Å². The Balaban J connectivity index is 2.35. The predicted molar refractivity (Wildman–Crippen MR) is 90.8 cm³/mol. The van der Waals surface area contributed by atoms with E-state index in [9.17, 15) is 0 Å². The van der Waals surface area contributed by atoms with Crippen molar-refractivity contribution in [1.29, 1.82) is 5.26 Å². The van der Waals surface area contributed by atoms with Gasteiger partial charge in [-0.25, -0.2) is 0 Å². The van der Waals surface area contributed by atoms with Crippen molar-refractivity contribution in [2.24, 2.45) is 0 Å². The highest BCUT2D eigenvalue weighted by Gasteiger charge is 2.11. The van der Waals surface area contributed by atoms with Crippen LogP contribution in [0.4, 0.5) is 11.4 Å². The van der Waals surface area contributed by atoms with Crippen molar-refractivity contribution < 1.29 is 0 Å². The summed E-state index contributed by atoms with van der Waals surface area (Å²) in [6.07, 6.45) is 0. The van der Waals surface area contributed by atoms with Crippen molar-refractivity contribution in [1.82, 2.24) is 5.32 Å². The molecular formula is C17H18BrN3. The van der Waals surface area contributed by atoms with E-state index in [0.29, 0.717) is 11.6 Å². The van der Waals surface area contributed by atoms with Crippen LogP contribution in [0.15, 0.2) is 46.9 Å². The molecule has 0 aliphatic rings. The minimum Gasteiger partial charge on any atom is -0.344 e. The van der Waals surface area contributed by atoms with Crippen molar-refractivity contribution in [3.63, 3.8) is 0 Å². The third-order valence-corrected chi connectivity index (χ3v) is 4.26. The number of nitrogens with one attached hydrogen (secondary N) is 1. The summed E-state index contributed by atoms with van der Waals surface area (Å²) < 4.78 is 1.03. The molecule has 3 nitrogen and oxygen atoms in total. The standard InChI is InChI=1S/C17H18BrN3/c1-12(20-2)14-7-8-17(16(18)10-14)21(3)15-6-4-5-13(9-15)11-19/h4-10,12,20H,1-3H3. The van der Waals surface area contributed by atoms with Crippen LogP contribution in [0.3, 0.4) is 0 Å². The zero-order valence-electron chi connectivity index (χ0n) is 12.4. The molecule has 4 heteroatoms. The Hall–Kier alpha value is -1.83. The fourth-order valence-electron chi connectivity index (χ4n) is 2.15. The van der Waals surface area contributed by atoms with E-state index in [1.807, 2.05) is 38.4 Å². The second kappa shape index (κ2) is 6.75. The summed E-state index contributed by atoms with van der Waals surface area (Å²) in [6.45, 7) is 2.13. The van der Waals surface area contributed by atoms with E-state index in [-0.39, 0.29) is 0 Å². The van der Waals surface area contributed by atoms with E-state index in [2.05, 4.69) is 57.3 Å². The van der Waals surface area contributed by atoms with E-state index in [1.54, 1.807) is 0 Å². The van der Waals surface area contributed by atoms with Gasteiger partial charge in [0.05, 0.1) is 17.3 Å². The van der Waals surface area contributed by atoms with Crippen LogP contribution in [0.5, 0.6) is 0 Å². The lowest BCUT2D eigenvalue weighted by Crippen LogP contribution is -2.14. The predicted octanol–water partition coefficient (Wildman–Crippen LogP) is 4.37. The van der Waals surface area contributed by atoms with Gasteiger partial charge < -0.3 is 10.2 Å². The molecular weight excluding hydrogens is 326 g/mol. The molecule has 2 aromatic rings. The first-order chi connectivity index (χ1) is 10.1. The van der Waals surface area contributed by atoms with Crippen molar-refractivity contribution >= 4 is 27.3 Å². The van der Waals surface area contributed by atoms with Crippen LogP contribution >= 0.6 is 15.9 Å². The number of hydrogen-bond donors (Lipinski definition) is 1. The first-order valence-electron chi connectivity index (χ1n) is 6.77. The molecule has 0 fully saturated rings. The second-order valence-corrected chi connectivity index (χ2v) is 5.80. The van der Waals surface area contributed by atoms with Gasteiger partial charge in [0.2, 0.25) is 0 Å². The summed E-state index contributed by atoms with van der Waals surface area (Å²) in [5, 5.41) is 12.2. The monoisotopic (exact) mass is 343 g/mol. The number of nitriles is 1. The topological polar surface area (TPSA) is 39.1 Å². The lowest BCUT2D eigenvalue weighted by molar-refractivity contribution is 0.652. The minimum absolute atomic E-state index is 0.308. The maximum Gasteiger partial charge on any atom is 0.0992 e. The normalized spacial score (nSPS) is 11.8. The van der Waals surface area contributed by atoms with Crippen molar-refractivity contribution in [2.75, 3.05) is 19.0 Å². The average molecular weight is 344 g/mol. The van der Waals surface area contributed by atoms with E-state index < -0.39 is 0 Å². The molecule has 0 bridgehead atoms. The Bertz CT molecular complexity index is 676. The van der Waals surface area contributed by atoms with Crippen LogP contribution < -0.4 is 10.2 Å². The molecule has 0 aliphatic heterocycles. The molecule has 2 rings (SSSR count). The summed E-state index contributed by atoms with van der Waals surface area (Å²) in [7, 11) is 3.95. The van der Waals surface area contributed by atoms with Gasteiger partial charge in [-0.1, -0.05) is 12.1 Å². The molecule has 0 amide bonds. The highest BCUT2D eigenvalue weighted by molar-refractivity contribution is 9.10. The van der Waals surface area contributed by atoms with E-state index in [4.69, 9.17) is 5.26 Å². The number of benzene rings is 2. The fourth-order valence-corrected chi connectivity index (χ4v) is 2.82. The van der Waals surface area contributed by atoms with Gasteiger partial charge >= 0.3 is 0 Å². The number of anilines is 2. The van der Waals surface area contributed by atoms with Gasteiger partial charge in [0.15, 0.2) is 0 Å². The lowest BCUT2D eigenvalue weighted by atomic mass is 10.1. The molecule has 1 N–H and O–H groups in total. The zero-order valence-corrected chi connectivity index (χ0v) is 14.0. The molecule has 0 heterocycles. The molecule has 2 aromatic carbocycles. The average Bonchev–Trinajstić information content (AvgIpc) is 2.53. The van der Waals surface area contributed by atoms with Crippen LogP contribution in [-0.4, -0.2) is 14.1 Å². The Labute approximate surface area is 134 Å². The van der Waals surface area contributed by atoms with Crippen molar-refractivity contribution in [3.05, 3.63) is 58.1 Å². The maximum absolute atomic E-state index is 9.01. The summed E-state index contributed by atoms with van der Waals surface area (Å²) in [4.78, 5) is 2.07. The van der Waals surface area contributed by atoms with Gasteiger partial charge in [0.1, 0.15) is 0 Å². The first-order valence-corrected chi connectivity index (χ1v) is 7.56. The summed E-state index contributed by atoms with van der Waals surface area (Å²) >= 11 is 3.64. The maximum atomic E-state index is 9.01. The Kier molecular flexibility index (Phi) is 5.00. The van der Waals surface area contributed by atoms with E-state index >= 15 is 0 Å². The molecule has 0 saturated heterocycles. The first kappa shape index (κ1) is 15.6. The van der Waals surface area contributed by atoms with Gasteiger partial charge in [-0.3, -0.25) is 0 Å². The molecule has 0 saturated carbocycles. The Morgan fingerprint density at radius 2 is 2.00 bits per heavy atom. The Morgan fingerprint density at radius 1 is 1.24 bits per heavy atom. The number of halogens is 1. The quantitative estimate of drug-likeness (QED) is 0.895. The minimum atomic E-state index is 0.308. The van der Waals surface area contributed by atoms with Gasteiger partial charge in [-0.05, 0) is 65.8 Å². The SMILES string of the molecule is CNC(C)c1ccc(N(C)c2cccc(C#N)c2)c(Br)c1. The smallest absolute Gasteiger partial charge is 0.0992 e. The number of hydrogen-bond acceptors (Lipinski definition) is 3. The largest absolute Gasteiger partial charge is 0.344 e. The fraction of sp³-hybridized carbons (Fsp3) is 0.235. The van der Waals surface area contributed by atoms with Crippen molar-refractivity contribution in [3.8, 4) is 6.07 Å². The number of rotatable bonds is 4. The molecule has 1 unspecified atom stereocenters. The van der Waals surface area contributed by atoms with E-state index in [0.717, 1.165) is 15.8 Å². The Morgan fingerprint density at radius 3 is 2.62 bits per heavy atom. The van der Waals surface area contributed by atoms with Gasteiger partial charge in [-0.2, -0.15) is 5.26 Å². The van der Waals surface area contributed by atoms with Crippen LogP contribution in [0.2, 0.25) is 0 Å². The third-order valence-electron chi connectivity index (χ3n) is 3.63. The molecule has 108 valence electrons. The third kappa shape index (κ3) is 3.44. The molecule has 1 atom stereocenters. The van der Waals surface area contributed by atoms with Crippen LogP contribution in [-0.2, 0) is 0 Å². The highest BCUT2D eigenvalue weighted by Crippen LogP contribution is 2.33. The van der Waals surface area contributed by atoms with Gasteiger partial charge in [0, 0.05) is 23.2 Å². The van der Waals surface area contributed by atoms with Crippen LogP contribution in [0.25, 0.3) is 0 Å². The highest BCUT2D eigenvalue weighted by atomic mass is 79.9. The molecule has 21 heavy (non-hydrogen) atoms. The summed E-state index contributed by atoms with van der Waals surface area (Å²) in [5.41, 5.74) is 3.95.